The first kappa shape index (κ1) is 66.4. The van der Waals surface area contributed by atoms with E-state index in [-0.39, 0.29) is 23.7 Å². The van der Waals surface area contributed by atoms with Crippen LogP contribution in [0.1, 0.15) is 123 Å². The third-order valence-corrected chi connectivity index (χ3v) is 25.3. The molecule has 5 aromatic rings. The minimum absolute atomic E-state index is 0.0755. The lowest BCUT2D eigenvalue weighted by molar-refractivity contribution is 0.106. The van der Waals surface area contributed by atoms with Gasteiger partial charge >= 0.3 is 20.4 Å². The average molecular weight is 1200 g/mol. The highest BCUT2D eigenvalue weighted by Crippen LogP contribution is 2.38. The number of nitrogens with zero attached hydrogens (tertiary/aromatic N) is 2. The molecule has 2 aliphatic rings. The molecule has 5 aromatic carbocycles. The van der Waals surface area contributed by atoms with Gasteiger partial charge in [0.15, 0.2) is 19.7 Å². The Kier molecular flexibility index (Phi) is 26.4. The van der Waals surface area contributed by atoms with Crippen molar-refractivity contribution < 1.29 is 40.7 Å². The summed E-state index contributed by atoms with van der Waals surface area (Å²) < 4.78 is 65.5. The molecule has 7 rings (SSSR count). The third-order valence-electron chi connectivity index (χ3n) is 15.8. The van der Waals surface area contributed by atoms with Crippen LogP contribution < -0.4 is 41.2 Å². The zero-order chi connectivity index (χ0) is 59.7. The number of urea groups is 2. The van der Waals surface area contributed by atoms with Crippen LogP contribution >= 0.6 is 0 Å². The number of hydrogen-bond donors (Lipinski definition) is 5. The van der Waals surface area contributed by atoms with Crippen LogP contribution in [0.15, 0.2) is 143 Å². The molecule has 0 spiro atoms. The summed E-state index contributed by atoms with van der Waals surface area (Å²) in [7, 11) is -9.59. The molecule has 0 unspecified atom stereocenters. The lowest BCUT2D eigenvalue weighted by atomic mass is 10.1. The average Bonchev–Trinajstić information content (AvgIpc) is 2.24. The van der Waals surface area contributed by atoms with Gasteiger partial charge in [-0.1, -0.05) is 158 Å². The molecule has 0 radical (unpaired) electrons. The van der Waals surface area contributed by atoms with Gasteiger partial charge < -0.3 is 45.8 Å². The van der Waals surface area contributed by atoms with Crippen LogP contribution in [0.2, 0.25) is 5.04 Å². The smallest absolute Gasteiger partial charge is 0.319 e. The van der Waals surface area contributed by atoms with Crippen molar-refractivity contribution in [2.75, 3.05) is 65.5 Å². The van der Waals surface area contributed by atoms with Gasteiger partial charge in [-0.05, 0) is 140 Å². The molecule has 0 aliphatic carbocycles. The van der Waals surface area contributed by atoms with Crippen LogP contribution in [-0.4, -0.2) is 134 Å². The number of sulfone groups is 2. The highest BCUT2D eigenvalue weighted by molar-refractivity contribution is 7.92. The molecule has 83 heavy (non-hydrogen) atoms. The minimum atomic E-state index is -3.49. The van der Waals surface area contributed by atoms with E-state index in [1.807, 2.05) is 60.7 Å². The number of amides is 4. The Labute approximate surface area is 497 Å². The van der Waals surface area contributed by atoms with Crippen molar-refractivity contribution in [2.24, 2.45) is 5.73 Å². The van der Waals surface area contributed by atoms with E-state index in [4.69, 9.17) is 14.9 Å². The lowest BCUT2D eigenvalue weighted by Crippen LogP contribution is -2.68. The van der Waals surface area contributed by atoms with Gasteiger partial charge in [-0.3, -0.25) is 0 Å². The molecule has 2 fully saturated rings. The maximum absolute atomic E-state index is 13.4. The molecule has 0 bridgehead atoms. The summed E-state index contributed by atoms with van der Waals surface area (Å²) in [6.45, 7) is 15.9. The van der Waals surface area contributed by atoms with Crippen LogP contribution in [0.5, 0.6) is 11.5 Å². The van der Waals surface area contributed by atoms with Crippen molar-refractivity contribution in [1.29, 1.82) is 0 Å². The maximum atomic E-state index is 13.4. The molecule has 15 nitrogen and oxygen atoms in total. The van der Waals surface area contributed by atoms with Crippen molar-refractivity contribution in [3.05, 3.63) is 145 Å². The number of aliphatic hydroxyl groups is 1. The Balaban J connectivity index is 0.000000342. The molecule has 6 N–H and O–H groups in total. The molecule has 18 heteroatoms. The SMILES string of the molecule is CCCCCCNC(=O)N1CCC(S(=O)(=O)c2ccc(CCN)cc2)CC1.CCCCCCNC(=O)N1CCC(S(=O)(=O)c2ccc(CCNC[C@H](O)COc3ccc(O[Si](c4ccccc4)(c4ccccc4)C(C)(C)C)cc3)cc2)CC1. The number of nitrogens with one attached hydrogen (secondary N) is 3. The van der Waals surface area contributed by atoms with Gasteiger partial charge in [0.2, 0.25) is 0 Å². The Hall–Kier alpha value is -5.76. The molecule has 454 valence electrons. The van der Waals surface area contributed by atoms with E-state index in [9.17, 15) is 31.5 Å². The van der Waals surface area contributed by atoms with Gasteiger partial charge in [-0.15, -0.1) is 0 Å². The summed E-state index contributed by atoms with van der Waals surface area (Å²) in [4.78, 5) is 28.9. The Morgan fingerprint density at radius 3 is 1.42 bits per heavy atom. The van der Waals surface area contributed by atoms with Gasteiger partial charge in [0.05, 0.1) is 20.3 Å². The van der Waals surface area contributed by atoms with Crippen LogP contribution in [-0.2, 0) is 32.5 Å². The molecule has 1 atom stereocenters. The van der Waals surface area contributed by atoms with E-state index in [1.54, 1.807) is 34.1 Å². The fourth-order valence-electron chi connectivity index (χ4n) is 10.9. The van der Waals surface area contributed by atoms with Crippen molar-refractivity contribution >= 4 is 50.4 Å². The normalized spacial score (nSPS) is 15.0. The first-order valence-electron chi connectivity index (χ1n) is 30.3. The number of ether oxygens (including phenoxy) is 1. The quantitative estimate of drug-likeness (QED) is 0.0235. The second-order valence-electron chi connectivity index (χ2n) is 23.0. The van der Waals surface area contributed by atoms with Crippen LogP contribution in [0.4, 0.5) is 9.59 Å². The first-order valence-corrected chi connectivity index (χ1v) is 35.3. The fourth-order valence-corrected chi connectivity index (χ4v) is 18.8. The summed E-state index contributed by atoms with van der Waals surface area (Å²) in [6.07, 6.45) is 11.4. The van der Waals surface area contributed by atoms with E-state index in [2.05, 4.69) is 99.1 Å². The molecule has 2 heterocycles. The van der Waals surface area contributed by atoms with Gasteiger partial charge in [-0.25, -0.2) is 26.4 Å². The molecule has 2 saturated heterocycles. The van der Waals surface area contributed by atoms with Gasteiger partial charge in [-0.2, -0.15) is 0 Å². The van der Waals surface area contributed by atoms with Crippen molar-refractivity contribution in [1.82, 2.24) is 25.8 Å². The predicted molar refractivity (Wildman–Crippen MR) is 337 cm³/mol. The van der Waals surface area contributed by atoms with Crippen molar-refractivity contribution in [2.45, 2.75) is 156 Å². The van der Waals surface area contributed by atoms with E-state index in [0.717, 1.165) is 61.8 Å². The van der Waals surface area contributed by atoms with E-state index < -0.39 is 44.6 Å². The first-order chi connectivity index (χ1) is 39.9. The van der Waals surface area contributed by atoms with E-state index >= 15 is 0 Å². The number of hydrogen-bond acceptors (Lipinski definition) is 11. The zero-order valence-electron chi connectivity index (χ0n) is 49.9. The second-order valence-corrected chi connectivity index (χ2v) is 31.7. The molecule has 0 aromatic heterocycles. The van der Waals surface area contributed by atoms with Gasteiger partial charge in [0.25, 0.3) is 0 Å². The predicted octanol–water partition coefficient (Wildman–Crippen LogP) is 9.44. The maximum Gasteiger partial charge on any atom is 0.319 e. The second kappa shape index (κ2) is 33.1. The van der Waals surface area contributed by atoms with Crippen LogP contribution in [0.3, 0.4) is 0 Å². The molecule has 0 saturated carbocycles. The number of rotatable bonds is 28. The topological polar surface area (TPSA) is 210 Å². The Morgan fingerprint density at radius 1 is 0.590 bits per heavy atom. The summed E-state index contributed by atoms with van der Waals surface area (Å²) in [5.74, 6) is 1.42. The number of carbonyl (C=O) groups excluding carboxylic acids is 2. The molecular weight excluding hydrogens is 1100 g/mol. The number of likely N-dealkylation sites (tertiary alicyclic amines) is 2. The van der Waals surface area contributed by atoms with Crippen molar-refractivity contribution in [3.8, 4) is 11.5 Å². The Morgan fingerprint density at radius 2 is 1.01 bits per heavy atom. The minimum Gasteiger partial charge on any atom is -0.534 e. The summed E-state index contributed by atoms with van der Waals surface area (Å²) in [6, 6.07) is 42.7. The monoisotopic (exact) mass is 1190 g/mol. The number of nitrogens with two attached hydrogens (primary N) is 1. The van der Waals surface area contributed by atoms with Crippen LogP contribution in [0, 0.1) is 0 Å². The number of unbranched alkanes of at least 4 members (excludes halogenated alkanes) is 6. The fraction of sp³-hybridized carbons (Fsp3) is 0.508. The van der Waals surface area contributed by atoms with Crippen LogP contribution in [0.25, 0.3) is 0 Å². The zero-order valence-corrected chi connectivity index (χ0v) is 52.5. The highest BCUT2D eigenvalue weighted by Gasteiger charge is 2.52. The molecular formula is C65H94N6O9S2Si. The van der Waals surface area contributed by atoms with Crippen molar-refractivity contribution in [3.63, 3.8) is 0 Å². The molecule has 4 amide bonds. The number of benzene rings is 5. The van der Waals surface area contributed by atoms with E-state index in [1.165, 1.54) is 23.2 Å². The van der Waals surface area contributed by atoms with Gasteiger partial charge in [0, 0.05) is 45.8 Å². The summed E-state index contributed by atoms with van der Waals surface area (Å²) >= 11 is 0. The third kappa shape index (κ3) is 19.4. The number of piperidine rings is 2. The summed E-state index contributed by atoms with van der Waals surface area (Å²) in [5, 5.41) is 21.2. The highest BCUT2D eigenvalue weighted by atomic mass is 32.2. The summed E-state index contributed by atoms with van der Waals surface area (Å²) in [5.41, 5.74) is 7.59. The lowest BCUT2D eigenvalue weighted by Gasteiger charge is -2.43. The largest absolute Gasteiger partial charge is 0.534 e. The Bertz CT molecular complexity index is 2880. The number of aliphatic hydroxyl groups excluding tert-OH is 1. The van der Waals surface area contributed by atoms with E-state index in [0.29, 0.717) is 107 Å². The van der Waals surface area contributed by atoms with Gasteiger partial charge in [0.1, 0.15) is 24.2 Å². The number of carbonyl (C=O) groups is 2. The standard InChI is InChI=1S/C45H61N3O6SSi.C20H33N3O3S/c1-5-6-7-14-30-47-44(50)48-32-28-41(29-33-48)55(51,52)40-25-19-36(20-26-40)27-31-46-34-37(49)35-53-38-21-23-39(24-22-38)54-56(45(2,3)4,42-15-10-8-11-16-42)43-17-12-9-13-18-43;1-2-3-4-5-14-22-20(24)23-15-11-19(12-16-23)27(25,26)18-8-6-17(7-9-18)10-13-21/h8-13,15-26,37,41,46,49H,5-7,14,27-35H2,1-4H3,(H,47,50);6-9,19H,2-5,10-16,21H2,1H3,(H,22,24)/t37-;/m0./s1. The molecule has 2 aliphatic heterocycles.